The predicted molar refractivity (Wildman–Crippen MR) is 88.9 cm³/mol. The van der Waals surface area contributed by atoms with Gasteiger partial charge in [-0.15, -0.1) is 11.3 Å². The zero-order chi connectivity index (χ0) is 16.8. The molecule has 0 unspecified atom stereocenters. The van der Waals surface area contributed by atoms with E-state index in [1.807, 2.05) is 0 Å². The Bertz CT molecular complexity index is 743. The van der Waals surface area contributed by atoms with Crippen molar-refractivity contribution < 1.29 is 18.5 Å². The summed E-state index contributed by atoms with van der Waals surface area (Å²) in [5, 5.41) is 4.72. The molecule has 0 fully saturated rings. The third-order valence-corrected chi connectivity index (χ3v) is 4.98. The molecule has 0 aliphatic carbocycles. The van der Waals surface area contributed by atoms with Gasteiger partial charge in [0.15, 0.2) is 5.13 Å². The Labute approximate surface area is 140 Å². The lowest BCUT2D eigenvalue weighted by molar-refractivity contribution is -0.114. The predicted octanol–water partition coefficient (Wildman–Crippen LogP) is 2.59. The van der Waals surface area contributed by atoms with E-state index >= 15 is 0 Å². The van der Waals surface area contributed by atoms with Crippen LogP contribution in [0.3, 0.4) is 0 Å². The summed E-state index contributed by atoms with van der Waals surface area (Å²) in [5.74, 6) is -0.327. The van der Waals surface area contributed by atoms with Gasteiger partial charge in [-0.1, -0.05) is 19.1 Å². The number of carbonyl (C=O) groups is 2. The Morgan fingerprint density at radius 2 is 2.09 bits per heavy atom. The lowest BCUT2D eigenvalue weighted by Crippen LogP contribution is -2.10. The zero-order valence-electron chi connectivity index (χ0n) is 12.7. The summed E-state index contributed by atoms with van der Waals surface area (Å²) in [7, 11) is -1.24. The molecule has 1 atom stereocenters. The molecule has 23 heavy (non-hydrogen) atoms. The van der Waals surface area contributed by atoms with Gasteiger partial charge in [-0.2, -0.15) is 0 Å². The number of rotatable bonds is 6. The summed E-state index contributed by atoms with van der Waals surface area (Å²) in [4.78, 5) is 27.7. The maximum Gasteiger partial charge on any atom is 0.339 e. The normalized spacial score (nSPS) is 11.7. The molecule has 0 saturated carbocycles. The van der Waals surface area contributed by atoms with Crippen molar-refractivity contribution in [1.29, 1.82) is 0 Å². The third-order valence-electron chi connectivity index (χ3n) is 2.80. The van der Waals surface area contributed by atoms with Crippen molar-refractivity contribution in [1.82, 2.24) is 4.98 Å². The van der Waals surface area contributed by atoms with E-state index in [0.29, 0.717) is 27.0 Å². The highest BCUT2D eigenvalue weighted by atomic mass is 32.2. The average Bonchev–Trinajstić information content (AvgIpc) is 2.98. The second-order valence-electron chi connectivity index (χ2n) is 4.53. The molecular weight excluding hydrogens is 336 g/mol. The Morgan fingerprint density at radius 3 is 2.78 bits per heavy atom. The van der Waals surface area contributed by atoms with Gasteiger partial charge >= 0.3 is 5.97 Å². The van der Waals surface area contributed by atoms with Crippen LogP contribution in [0.5, 0.6) is 0 Å². The molecule has 0 bridgehead atoms. The van der Waals surface area contributed by atoms with Crippen LogP contribution in [0.25, 0.3) is 0 Å². The van der Waals surface area contributed by atoms with Gasteiger partial charge in [-0.25, -0.2) is 9.78 Å². The molecule has 0 aliphatic heterocycles. The van der Waals surface area contributed by atoms with E-state index in [9.17, 15) is 13.8 Å². The van der Waals surface area contributed by atoms with Crippen molar-refractivity contribution in [2.45, 2.75) is 25.3 Å². The topological polar surface area (TPSA) is 85.4 Å². The molecule has 0 spiro atoms. The van der Waals surface area contributed by atoms with Gasteiger partial charge in [-0.05, 0) is 12.1 Å². The smallest absolute Gasteiger partial charge is 0.339 e. The molecule has 1 aromatic heterocycles. The maximum absolute atomic E-state index is 12.2. The fourth-order valence-corrected chi connectivity index (χ4v) is 3.47. The summed E-state index contributed by atoms with van der Waals surface area (Å²) < 4.78 is 17.2. The Balaban J connectivity index is 2.04. The van der Waals surface area contributed by atoms with Crippen LogP contribution in [0, 0.1) is 0 Å². The number of thiazole rings is 1. The first-order valence-electron chi connectivity index (χ1n) is 6.87. The van der Waals surface area contributed by atoms with Gasteiger partial charge in [0.1, 0.15) is 6.61 Å². The number of nitrogens with zero attached hydrogens (tertiary/aromatic N) is 1. The van der Waals surface area contributed by atoms with Gasteiger partial charge < -0.3 is 10.1 Å². The molecule has 1 aromatic carbocycles. The number of hydrogen-bond acceptors (Lipinski definition) is 6. The molecule has 1 N–H and O–H groups in total. The van der Waals surface area contributed by atoms with E-state index in [0.717, 1.165) is 0 Å². The number of hydrogen-bond donors (Lipinski definition) is 1. The minimum absolute atomic E-state index is 0.0119. The minimum Gasteiger partial charge on any atom is -0.456 e. The van der Waals surface area contributed by atoms with Crippen molar-refractivity contribution in [2.75, 3.05) is 11.1 Å². The Morgan fingerprint density at radius 1 is 1.35 bits per heavy atom. The van der Waals surface area contributed by atoms with Crippen LogP contribution in [0.1, 0.15) is 29.9 Å². The largest absolute Gasteiger partial charge is 0.456 e. The highest BCUT2D eigenvalue weighted by Gasteiger charge is 2.16. The first-order valence-corrected chi connectivity index (χ1v) is 9.07. The fraction of sp³-hybridized carbons (Fsp3) is 0.267. The SMILES string of the molecule is CC[S@](=O)c1ccccc1C(=O)OCc1csc(NC(C)=O)n1. The number of esters is 1. The van der Waals surface area contributed by atoms with E-state index in [4.69, 9.17) is 4.74 Å². The standard InChI is InChI=1S/C15H16N2O4S2/c1-3-23(20)13-7-5-4-6-12(13)14(19)21-8-11-9-22-15(17-11)16-10(2)18/h4-7,9H,3,8H2,1-2H3,(H,16,17,18)/t23-/m0/s1. The number of nitrogens with one attached hydrogen (secondary N) is 1. The van der Waals surface area contributed by atoms with Crippen LogP contribution < -0.4 is 5.32 Å². The van der Waals surface area contributed by atoms with Crippen LogP contribution in [0.2, 0.25) is 0 Å². The zero-order valence-corrected chi connectivity index (χ0v) is 14.3. The van der Waals surface area contributed by atoms with E-state index in [1.54, 1.807) is 36.6 Å². The highest BCUT2D eigenvalue weighted by Crippen LogP contribution is 2.18. The Kier molecular flexibility index (Phi) is 6.00. The van der Waals surface area contributed by atoms with E-state index in [1.165, 1.54) is 18.3 Å². The number of ether oxygens (including phenoxy) is 1. The molecule has 0 aliphatic rings. The number of aromatic nitrogens is 1. The molecule has 2 rings (SSSR count). The van der Waals surface area contributed by atoms with Gasteiger partial charge in [-0.3, -0.25) is 9.00 Å². The van der Waals surface area contributed by atoms with Crippen molar-refractivity contribution in [3.05, 3.63) is 40.9 Å². The van der Waals surface area contributed by atoms with E-state index in [2.05, 4.69) is 10.3 Å². The second-order valence-corrected chi connectivity index (χ2v) is 7.10. The van der Waals surface area contributed by atoms with Crippen LogP contribution in [-0.4, -0.2) is 26.8 Å². The highest BCUT2D eigenvalue weighted by molar-refractivity contribution is 7.85. The number of benzene rings is 1. The van der Waals surface area contributed by atoms with E-state index < -0.39 is 16.8 Å². The first kappa shape index (κ1) is 17.3. The van der Waals surface area contributed by atoms with Crippen LogP contribution >= 0.6 is 11.3 Å². The minimum atomic E-state index is -1.24. The number of amides is 1. The molecule has 1 amide bonds. The molecule has 1 heterocycles. The third kappa shape index (κ3) is 4.70. The van der Waals surface area contributed by atoms with Gasteiger partial charge in [0, 0.05) is 18.1 Å². The molecule has 0 saturated heterocycles. The fourth-order valence-electron chi connectivity index (χ4n) is 1.79. The summed E-state index contributed by atoms with van der Waals surface area (Å²) in [5.41, 5.74) is 0.839. The number of anilines is 1. The van der Waals surface area contributed by atoms with Gasteiger partial charge in [0.25, 0.3) is 0 Å². The second kappa shape index (κ2) is 7.98. The van der Waals surface area contributed by atoms with Crippen molar-refractivity contribution in [2.24, 2.45) is 0 Å². The average molecular weight is 352 g/mol. The summed E-state index contributed by atoms with van der Waals surface area (Å²) in [6, 6.07) is 6.69. The first-order chi connectivity index (χ1) is 11.0. The lowest BCUT2D eigenvalue weighted by Gasteiger charge is -2.07. The molecule has 8 heteroatoms. The van der Waals surface area contributed by atoms with E-state index in [-0.39, 0.29) is 12.5 Å². The Hall–Kier alpha value is -2.06. The number of carbonyl (C=O) groups excluding carboxylic acids is 2. The van der Waals surface area contributed by atoms with Crippen LogP contribution in [0.4, 0.5) is 5.13 Å². The lowest BCUT2D eigenvalue weighted by atomic mass is 10.2. The summed E-state index contributed by atoms with van der Waals surface area (Å²) in [6.45, 7) is 3.17. The summed E-state index contributed by atoms with van der Waals surface area (Å²) >= 11 is 1.25. The molecule has 122 valence electrons. The van der Waals surface area contributed by atoms with Crippen molar-refractivity contribution >= 4 is 39.1 Å². The van der Waals surface area contributed by atoms with Gasteiger partial charge in [0.2, 0.25) is 5.91 Å². The van der Waals surface area contributed by atoms with Crippen molar-refractivity contribution in [3.63, 3.8) is 0 Å². The molecule has 2 aromatic rings. The quantitative estimate of drug-likeness (QED) is 0.808. The van der Waals surface area contributed by atoms with Crippen LogP contribution in [0.15, 0.2) is 34.5 Å². The maximum atomic E-state index is 12.2. The molecule has 0 radical (unpaired) electrons. The molecular formula is C15H16N2O4S2. The van der Waals surface area contributed by atoms with Gasteiger partial charge in [0.05, 0.1) is 27.0 Å². The summed E-state index contributed by atoms with van der Waals surface area (Å²) in [6.07, 6.45) is 0. The molecule has 6 nitrogen and oxygen atoms in total. The monoisotopic (exact) mass is 352 g/mol. The van der Waals surface area contributed by atoms with Crippen molar-refractivity contribution in [3.8, 4) is 0 Å². The van der Waals surface area contributed by atoms with Crippen LogP contribution in [-0.2, 0) is 26.9 Å².